The van der Waals surface area contributed by atoms with Crippen LogP contribution in [0.5, 0.6) is 0 Å². The number of carboxylic acids is 1. The molecule has 0 spiro atoms. The molecule has 0 saturated heterocycles. The van der Waals surface area contributed by atoms with E-state index < -0.39 is 18.1 Å². The number of aromatic amines is 1. The first-order valence-corrected chi connectivity index (χ1v) is 4.88. The van der Waals surface area contributed by atoms with Crippen LogP contribution < -0.4 is 10.6 Å². The van der Waals surface area contributed by atoms with Crippen molar-refractivity contribution in [1.29, 1.82) is 0 Å². The Morgan fingerprint density at radius 1 is 1.59 bits per heavy atom. The second-order valence-electron chi connectivity index (χ2n) is 3.23. The summed E-state index contributed by atoms with van der Waals surface area (Å²) in [6.45, 7) is 0.218. The molecular weight excluding hydrogens is 228 g/mol. The molecule has 0 aromatic carbocycles. The minimum atomic E-state index is -1.12. The van der Waals surface area contributed by atoms with E-state index >= 15 is 0 Å². The van der Waals surface area contributed by atoms with Gasteiger partial charge in [0.05, 0.1) is 12.7 Å². The number of hydrogen-bond acceptors (Lipinski definition) is 4. The van der Waals surface area contributed by atoms with Gasteiger partial charge >= 0.3 is 12.0 Å². The molecule has 0 aliphatic rings. The third kappa shape index (κ3) is 4.51. The number of urea groups is 1. The summed E-state index contributed by atoms with van der Waals surface area (Å²) in [4.78, 5) is 21.9. The fraction of sp³-hybridized carbons (Fsp3) is 0.444. The van der Waals surface area contributed by atoms with Crippen molar-refractivity contribution >= 4 is 12.0 Å². The van der Waals surface area contributed by atoms with E-state index in [9.17, 15) is 9.59 Å². The maximum Gasteiger partial charge on any atom is 0.334 e. The van der Waals surface area contributed by atoms with Crippen LogP contribution in [0.4, 0.5) is 4.79 Å². The predicted molar refractivity (Wildman–Crippen MR) is 57.3 cm³/mol. The van der Waals surface area contributed by atoms with E-state index in [-0.39, 0.29) is 6.54 Å². The number of methoxy groups -OCH3 is 1. The number of carbonyl (C=O) groups is 2. The van der Waals surface area contributed by atoms with Crippen LogP contribution in [0.2, 0.25) is 0 Å². The molecule has 1 unspecified atom stereocenters. The SMILES string of the molecule is COC(CNC(=O)NCc1cn[nH]c1)C(=O)O. The van der Waals surface area contributed by atoms with Gasteiger partial charge in [-0.2, -0.15) is 5.10 Å². The average molecular weight is 242 g/mol. The van der Waals surface area contributed by atoms with Crippen molar-refractivity contribution < 1.29 is 19.4 Å². The van der Waals surface area contributed by atoms with Gasteiger partial charge in [-0.15, -0.1) is 0 Å². The average Bonchev–Trinajstić information content (AvgIpc) is 2.79. The van der Waals surface area contributed by atoms with Crippen molar-refractivity contribution in [2.75, 3.05) is 13.7 Å². The molecule has 17 heavy (non-hydrogen) atoms. The molecule has 1 atom stereocenters. The Labute approximate surface area is 97.3 Å². The van der Waals surface area contributed by atoms with Gasteiger partial charge in [-0.1, -0.05) is 0 Å². The Balaban J connectivity index is 2.23. The van der Waals surface area contributed by atoms with Crippen molar-refractivity contribution in [2.24, 2.45) is 0 Å². The molecule has 1 aromatic rings. The van der Waals surface area contributed by atoms with Crippen LogP contribution in [0.3, 0.4) is 0 Å². The van der Waals surface area contributed by atoms with E-state index in [1.807, 2.05) is 0 Å². The van der Waals surface area contributed by atoms with Crippen molar-refractivity contribution in [3.05, 3.63) is 18.0 Å². The largest absolute Gasteiger partial charge is 0.479 e. The third-order valence-corrected chi connectivity index (χ3v) is 2.02. The molecule has 94 valence electrons. The zero-order chi connectivity index (χ0) is 12.7. The number of aromatic nitrogens is 2. The van der Waals surface area contributed by atoms with E-state index in [0.29, 0.717) is 6.54 Å². The first kappa shape index (κ1) is 13.0. The topological polar surface area (TPSA) is 116 Å². The van der Waals surface area contributed by atoms with Gasteiger partial charge in [-0.3, -0.25) is 5.10 Å². The molecule has 8 nitrogen and oxygen atoms in total. The Bertz CT molecular complexity index is 365. The molecular formula is C9H14N4O4. The minimum Gasteiger partial charge on any atom is -0.479 e. The monoisotopic (exact) mass is 242 g/mol. The van der Waals surface area contributed by atoms with E-state index in [1.165, 1.54) is 7.11 Å². The summed E-state index contributed by atoms with van der Waals surface area (Å²) in [7, 11) is 1.27. The number of H-pyrrole nitrogens is 1. The predicted octanol–water partition coefficient (Wildman–Crippen LogP) is -0.691. The molecule has 0 aliphatic carbocycles. The molecule has 8 heteroatoms. The van der Waals surface area contributed by atoms with Crippen LogP contribution in [0, 0.1) is 0 Å². The van der Waals surface area contributed by atoms with Gasteiger partial charge in [0, 0.05) is 25.4 Å². The molecule has 2 amide bonds. The number of nitrogens with one attached hydrogen (secondary N) is 3. The summed E-state index contributed by atoms with van der Waals surface area (Å²) >= 11 is 0. The first-order valence-electron chi connectivity index (χ1n) is 4.88. The van der Waals surface area contributed by atoms with Crippen LogP contribution >= 0.6 is 0 Å². The molecule has 1 aromatic heterocycles. The second kappa shape index (κ2) is 6.48. The van der Waals surface area contributed by atoms with Gasteiger partial charge in [-0.25, -0.2) is 9.59 Å². The smallest absolute Gasteiger partial charge is 0.334 e. The van der Waals surface area contributed by atoms with Crippen LogP contribution in [0.15, 0.2) is 12.4 Å². The maximum atomic E-state index is 11.3. The van der Waals surface area contributed by atoms with Crippen LogP contribution in [-0.4, -0.2) is 47.1 Å². The summed E-state index contributed by atoms with van der Waals surface area (Å²) in [5.74, 6) is -1.12. The van der Waals surface area contributed by atoms with E-state index in [4.69, 9.17) is 5.11 Å². The lowest BCUT2D eigenvalue weighted by molar-refractivity contribution is -0.147. The summed E-state index contributed by atoms with van der Waals surface area (Å²) in [5, 5.41) is 19.9. The van der Waals surface area contributed by atoms with Gasteiger partial charge in [-0.05, 0) is 0 Å². The van der Waals surface area contributed by atoms with Gasteiger partial charge in [0.25, 0.3) is 0 Å². The second-order valence-corrected chi connectivity index (χ2v) is 3.23. The van der Waals surface area contributed by atoms with E-state index in [2.05, 4.69) is 25.6 Å². The van der Waals surface area contributed by atoms with Crippen molar-refractivity contribution in [3.63, 3.8) is 0 Å². The molecule has 0 fully saturated rings. The van der Waals surface area contributed by atoms with Gasteiger partial charge in [0.1, 0.15) is 0 Å². The third-order valence-electron chi connectivity index (χ3n) is 2.02. The highest BCUT2D eigenvalue weighted by molar-refractivity contribution is 5.76. The zero-order valence-electron chi connectivity index (χ0n) is 9.27. The van der Waals surface area contributed by atoms with Crippen LogP contribution in [0.25, 0.3) is 0 Å². The highest BCUT2D eigenvalue weighted by Gasteiger charge is 2.16. The highest BCUT2D eigenvalue weighted by Crippen LogP contribution is 1.92. The summed E-state index contributed by atoms with van der Waals surface area (Å²) in [6, 6.07) is -0.463. The molecule has 0 saturated carbocycles. The van der Waals surface area contributed by atoms with E-state index in [1.54, 1.807) is 12.4 Å². The normalized spacial score (nSPS) is 11.8. The fourth-order valence-corrected chi connectivity index (χ4v) is 1.08. The van der Waals surface area contributed by atoms with Gasteiger partial charge in [0.2, 0.25) is 0 Å². The maximum absolute atomic E-state index is 11.3. The molecule has 0 radical (unpaired) electrons. The lowest BCUT2D eigenvalue weighted by atomic mass is 10.3. The Morgan fingerprint density at radius 3 is 2.88 bits per heavy atom. The first-order chi connectivity index (χ1) is 8.13. The Hall–Kier alpha value is -2.09. The standard InChI is InChI=1S/C9H14N4O4/c1-17-7(8(14)15)5-11-9(16)10-2-6-3-12-13-4-6/h3-4,7H,2,5H2,1H3,(H,12,13)(H,14,15)(H2,10,11,16). The van der Waals surface area contributed by atoms with E-state index in [0.717, 1.165) is 5.56 Å². The lowest BCUT2D eigenvalue weighted by Gasteiger charge is -2.11. The molecule has 1 heterocycles. The van der Waals surface area contributed by atoms with Crippen molar-refractivity contribution in [1.82, 2.24) is 20.8 Å². The van der Waals surface area contributed by atoms with Gasteiger partial charge in [0.15, 0.2) is 6.10 Å². The number of hydrogen-bond donors (Lipinski definition) is 4. The molecule has 1 rings (SSSR count). The Kier molecular flexibility index (Phi) is 4.95. The fourth-order valence-electron chi connectivity index (χ4n) is 1.08. The number of rotatable bonds is 6. The number of amides is 2. The number of carboxylic acid groups (broad SMARTS) is 1. The highest BCUT2D eigenvalue weighted by atomic mass is 16.5. The molecule has 0 aliphatic heterocycles. The number of ether oxygens (including phenoxy) is 1. The van der Waals surface area contributed by atoms with Crippen molar-refractivity contribution in [3.8, 4) is 0 Å². The lowest BCUT2D eigenvalue weighted by Crippen LogP contribution is -2.42. The number of carbonyl (C=O) groups excluding carboxylic acids is 1. The zero-order valence-corrected chi connectivity index (χ0v) is 9.27. The molecule has 4 N–H and O–H groups in total. The minimum absolute atomic E-state index is 0.0942. The number of nitrogens with zero attached hydrogens (tertiary/aromatic N) is 1. The summed E-state index contributed by atoms with van der Waals surface area (Å²) in [6.07, 6.45) is 2.18. The van der Waals surface area contributed by atoms with Gasteiger partial charge < -0.3 is 20.5 Å². The summed E-state index contributed by atoms with van der Waals surface area (Å²) in [5.41, 5.74) is 0.821. The number of aliphatic carboxylic acids is 1. The van der Waals surface area contributed by atoms with Crippen LogP contribution in [-0.2, 0) is 16.1 Å². The molecule has 0 bridgehead atoms. The van der Waals surface area contributed by atoms with Crippen molar-refractivity contribution in [2.45, 2.75) is 12.6 Å². The quantitative estimate of drug-likeness (QED) is 0.526. The van der Waals surface area contributed by atoms with Crippen LogP contribution in [0.1, 0.15) is 5.56 Å². The summed E-state index contributed by atoms with van der Waals surface area (Å²) < 4.78 is 4.66. The Morgan fingerprint density at radius 2 is 2.35 bits per heavy atom.